The lowest BCUT2D eigenvalue weighted by atomic mass is 9.70. The molecule has 1 aromatic carbocycles. The van der Waals surface area contributed by atoms with Crippen molar-refractivity contribution in [3.63, 3.8) is 0 Å². The first-order valence-electron chi connectivity index (χ1n) is 11.5. The van der Waals surface area contributed by atoms with E-state index in [1.165, 1.54) is 6.07 Å². The molecule has 3 heterocycles. The predicted octanol–water partition coefficient (Wildman–Crippen LogP) is 5.46. The maximum atomic E-state index is 13.9. The van der Waals surface area contributed by atoms with Gasteiger partial charge in [-0.05, 0) is 57.9 Å². The van der Waals surface area contributed by atoms with Gasteiger partial charge < -0.3 is 9.64 Å². The summed E-state index contributed by atoms with van der Waals surface area (Å²) in [5.74, 6) is 0.823. The molecule has 1 unspecified atom stereocenters. The molecule has 0 radical (unpaired) electrons. The second-order valence-corrected chi connectivity index (χ2v) is 8.93. The lowest BCUT2D eigenvalue weighted by molar-refractivity contribution is -0.137. The summed E-state index contributed by atoms with van der Waals surface area (Å²) < 4.78 is 44.2. The number of allylic oxidation sites excluding steroid dienone is 1. The largest absolute Gasteiger partial charge is 0.475 e. The minimum Gasteiger partial charge on any atom is -0.475 e. The van der Waals surface area contributed by atoms with Gasteiger partial charge in [-0.2, -0.15) is 13.2 Å². The monoisotopic (exact) mass is 484 g/mol. The lowest BCUT2D eigenvalue weighted by Gasteiger charge is -2.53. The minimum atomic E-state index is -4.46. The van der Waals surface area contributed by atoms with Crippen LogP contribution in [0.1, 0.15) is 53.2 Å². The SMILES string of the molecule is C=N/C(=N\C=C/C)c1ccc(C)cc1C(=O)N1C(COc2ccc(C(F)(F)F)cn2)CC2CC1C2. The first-order valence-corrected chi connectivity index (χ1v) is 11.5. The number of carbonyl (C=O) groups is 1. The number of hydrogen-bond donors (Lipinski definition) is 0. The molecule has 1 aliphatic carbocycles. The summed E-state index contributed by atoms with van der Waals surface area (Å²) in [6, 6.07) is 7.57. The number of nitrogens with zero attached hydrogens (tertiary/aromatic N) is 4. The number of halogens is 3. The Bertz CT molecular complexity index is 1150. The maximum absolute atomic E-state index is 13.9. The van der Waals surface area contributed by atoms with Gasteiger partial charge in [0.2, 0.25) is 5.88 Å². The number of ether oxygens (including phenoxy) is 1. The number of pyridine rings is 1. The van der Waals surface area contributed by atoms with Gasteiger partial charge in [-0.3, -0.25) is 4.79 Å². The fourth-order valence-corrected chi connectivity index (χ4v) is 4.72. The number of fused-ring (bicyclic) bond motifs is 2. The van der Waals surface area contributed by atoms with Gasteiger partial charge in [-0.15, -0.1) is 0 Å². The molecule has 9 heteroatoms. The highest BCUT2D eigenvalue weighted by atomic mass is 19.4. The zero-order valence-electron chi connectivity index (χ0n) is 19.6. The van der Waals surface area contributed by atoms with Crippen molar-refractivity contribution in [2.75, 3.05) is 6.61 Å². The van der Waals surface area contributed by atoms with Crippen LogP contribution in [0.3, 0.4) is 0 Å². The molecule has 2 bridgehead atoms. The van der Waals surface area contributed by atoms with Crippen molar-refractivity contribution in [2.24, 2.45) is 15.9 Å². The number of benzene rings is 1. The average molecular weight is 485 g/mol. The van der Waals surface area contributed by atoms with Gasteiger partial charge in [0.15, 0.2) is 5.84 Å². The number of amides is 1. The fraction of sp³-hybridized carbons (Fsp3) is 0.385. The fourth-order valence-electron chi connectivity index (χ4n) is 4.72. The third kappa shape index (κ3) is 5.28. The second kappa shape index (κ2) is 10.0. The van der Waals surface area contributed by atoms with Gasteiger partial charge in [0.25, 0.3) is 5.91 Å². The molecule has 5 rings (SSSR count). The van der Waals surface area contributed by atoms with Crippen LogP contribution in [0.25, 0.3) is 0 Å². The normalized spacial score (nSPS) is 22.1. The summed E-state index contributed by atoms with van der Waals surface area (Å²) in [4.78, 5) is 27.9. The van der Waals surface area contributed by atoms with Crippen molar-refractivity contribution in [2.45, 2.75) is 51.4 Å². The summed E-state index contributed by atoms with van der Waals surface area (Å²) in [5.41, 5.74) is 1.18. The van der Waals surface area contributed by atoms with Crippen molar-refractivity contribution >= 4 is 18.5 Å². The van der Waals surface area contributed by atoms with Crippen LogP contribution in [0.2, 0.25) is 0 Å². The molecule has 0 spiro atoms. The van der Waals surface area contributed by atoms with Crippen molar-refractivity contribution < 1.29 is 22.7 Å². The summed E-state index contributed by atoms with van der Waals surface area (Å²) in [5, 5.41) is 0. The zero-order chi connectivity index (χ0) is 25.2. The number of rotatable bonds is 6. The molecule has 1 atom stereocenters. The van der Waals surface area contributed by atoms with E-state index < -0.39 is 11.7 Å². The standard InChI is InChI=1S/C26H27F3N4O2/c1-4-9-31-24(30-3)21-7-5-16(2)10-22(21)25(34)33-19-11-17(12-19)13-20(33)15-35-23-8-6-18(14-32-23)26(27,28)29/h4-10,14,17,19-20H,3,11-13,15H2,1-2H3/b9-4-,31-24-. The number of aliphatic imine (C=N–C) groups is 2. The summed E-state index contributed by atoms with van der Waals surface area (Å²) >= 11 is 0. The molecule has 1 saturated carbocycles. The predicted molar refractivity (Wildman–Crippen MR) is 128 cm³/mol. The number of alkyl halides is 3. The van der Waals surface area contributed by atoms with Crippen molar-refractivity contribution in [1.29, 1.82) is 0 Å². The van der Waals surface area contributed by atoms with Crippen LogP contribution < -0.4 is 4.74 Å². The van der Waals surface area contributed by atoms with E-state index in [1.54, 1.807) is 12.3 Å². The molecular weight excluding hydrogens is 457 g/mol. The number of carbonyl (C=O) groups excluding carboxylic acids is 1. The third-order valence-electron chi connectivity index (χ3n) is 6.47. The molecule has 2 saturated heterocycles. The number of aromatic nitrogens is 1. The Morgan fingerprint density at radius 1 is 1.23 bits per heavy atom. The molecule has 2 aliphatic heterocycles. The Hall–Kier alpha value is -3.49. The lowest BCUT2D eigenvalue weighted by Crippen LogP contribution is -2.60. The van der Waals surface area contributed by atoms with Crippen molar-refractivity contribution in [3.8, 4) is 5.88 Å². The summed E-state index contributed by atoms with van der Waals surface area (Å²) in [6.45, 7) is 7.51. The van der Waals surface area contributed by atoms with Gasteiger partial charge >= 0.3 is 6.18 Å². The number of aryl methyl sites for hydroxylation is 1. The molecule has 6 nitrogen and oxygen atoms in total. The van der Waals surface area contributed by atoms with Crippen LogP contribution in [0, 0.1) is 12.8 Å². The van der Waals surface area contributed by atoms with Crippen LogP contribution in [0.5, 0.6) is 5.88 Å². The molecule has 2 aromatic rings. The van der Waals surface area contributed by atoms with E-state index in [4.69, 9.17) is 4.74 Å². The van der Waals surface area contributed by atoms with E-state index in [9.17, 15) is 18.0 Å². The molecule has 3 aliphatic rings. The Morgan fingerprint density at radius 2 is 2.00 bits per heavy atom. The smallest absolute Gasteiger partial charge is 0.417 e. The first kappa shape index (κ1) is 24.6. The quantitative estimate of drug-likeness (QED) is 0.404. The van der Waals surface area contributed by atoms with Gasteiger partial charge in [-0.1, -0.05) is 23.8 Å². The third-order valence-corrected chi connectivity index (χ3v) is 6.47. The van der Waals surface area contributed by atoms with Gasteiger partial charge in [0.05, 0.1) is 17.2 Å². The molecule has 0 N–H and O–H groups in total. The van der Waals surface area contributed by atoms with E-state index >= 15 is 0 Å². The van der Waals surface area contributed by atoms with E-state index in [0.29, 0.717) is 22.9 Å². The Morgan fingerprint density at radius 3 is 2.63 bits per heavy atom. The van der Waals surface area contributed by atoms with Crippen LogP contribution in [0.15, 0.2) is 58.8 Å². The van der Waals surface area contributed by atoms with E-state index in [0.717, 1.165) is 37.1 Å². The zero-order valence-corrected chi connectivity index (χ0v) is 19.6. The van der Waals surface area contributed by atoms with Gasteiger partial charge in [0.1, 0.15) is 6.61 Å². The number of hydrogen-bond acceptors (Lipinski definition) is 4. The highest BCUT2D eigenvalue weighted by molar-refractivity contribution is 6.11. The van der Waals surface area contributed by atoms with Crippen molar-refractivity contribution in [1.82, 2.24) is 9.88 Å². The number of amidine groups is 1. The topological polar surface area (TPSA) is 67.2 Å². The summed E-state index contributed by atoms with van der Waals surface area (Å²) in [7, 11) is 0. The Labute approximate surface area is 202 Å². The van der Waals surface area contributed by atoms with Crippen molar-refractivity contribution in [3.05, 3.63) is 71.1 Å². The van der Waals surface area contributed by atoms with E-state index in [2.05, 4.69) is 21.7 Å². The van der Waals surface area contributed by atoms with Crippen LogP contribution in [-0.2, 0) is 6.18 Å². The average Bonchev–Trinajstić information content (AvgIpc) is 2.82. The molecule has 184 valence electrons. The molecule has 3 fully saturated rings. The Balaban J connectivity index is 1.58. The molecule has 1 amide bonds. The van der Waals surface area contributed by atoms with Gasteiger partial charge in [0, 0.05) is 30.1 Å². The second-order valence-electron chi connectivity index (χ2n) is 8.93. The summed E-state index contributed by atoms with van der Waals surface area (Å²) in [6.07, 6.45) is 2.29. The van der Waals surface area contributed by atoms with Crippen LogP contribution in [-0.4, -0.2) is 47.0 Å². The molecular formula is C26H27F3N4O2. The molecule has 35 heavy (non-hydrogen) atoms. The minimum absolute atomic E-state index is 0.0939. The highest BCUT2D eigenvalue weighted by Crippen LogP contribution is 2.43. The van der Waals surface area contributed by atoms with Crippen LogP contribution >= 0.6 is 0 Å². The highest BCUT2D eigenvalue weighted by Gasteiger charge is 2.47. The van der Waals surface area contributed by atoms with E-state index in [-0.39, 0.29) is 30.5 Å². The molecule has 1 aromatic heterocycles. The van der Waals surface area contributed by atoms with Gasteiger partial charge in [-0.25, -0.2) is 15.0 Å². The maximum Gasteiger partial charge on any atom is 0.417 e. The first-order chi connectivity index (χ1) is 16.7. The Kier molecular flexibility index (Phi) is 7.05. The van der Waals surface area contributed by atoms with Crippen LogP contribution in [0.4, 0.5) is 13.2 Å². The number of piperidine rings is 2. The van der Waals surface area contributed by atoms with E-state index in [1.807, 2.05) is 36.9 Å².